The molecule has 2 saturated heterocycles. The second-order valence-electron chi connectivity index (χ2n) is 15.8. The summed E-state index contributed by atoms with van der Waals surface area (Å²) in [6.07, 6.45) is -1.82. The molecule has 372 valence electrons. The number of carbonyl (C=O) groups excluding carboxylic acids is 9. The third-order valence-corrected chi connectivity index (χ3v) is 11.5. The van der Waals surface area contributed by atoms with Crippen molar-refractivity contribution in [1.82, 2.24) is 41.7 Å². The lowest BCUT2D eigenvalue weighted by Crippen LogP contribution is -2.62. The fraction of sp³-hybridized carbons (Fsp3) is 0.711. The molecule has 26 nitrogen and oxygen atoms in total. The first-order valence-corrected chi connectivity index (χ1v) is 22.5. The average molecular weight is 978 g/mol. The first-order valence-electron chi connectivity index (χ1n) is 21.2. The number of nitrogens with one attached hydrogen (secondary N) is 6. The Bertz CT molecular complexity index is 1780. The molecule has 66 heavy (non-hydrogen) atoms. The Morgan fingerprint density at radius 3 is 1.65 bits per heavy atom. The number of unbranched alkanes of at least 4 members (excludes halogenated alkanes) is 1. The van der Waals surface area contributed by atoms with Gasteiger partial charge in [0.05, 0.1) is 25.2 Å². The maximum atomic E-state index is 14.1. The molecule has 10 atom stereocenters. The number of carboxylic acids is 2. The lowest BCUT2D eigenvalue weighted by Gasteiger charge is -2.32. The highest BCUT2D eigenvalue weighted by Gasteiger charge is 2.43. The van der Waals surface area contributed by atoms with Crippen LogP contribution in [0.25, 0.3) is 0 Å². The van der Waals surface area contributed by atoms with E-state index in [0.717, 1.165) is 11.8 Å². The van der Waals surface area contributed by atoms with Gasteiger partial charge in [0.1, 0.15) is 48.3 Å². The Morgan fingerprint density at radius 2 is 1.18 bits per heavy atom. The molecule has 0 aliphatic carbocycles. The SMILES string of the molecule is C[C@@H](O)[C@H](NC(=O)[C@@H](N)CS)C(=O)N[C@@H](CO)C(=O)N[C@@H](CCC(N)=O)C(=O)N[C@@H](CC(=O)O)C(=O)N1CCC[C@H]1C(=O)N[C@@H](CCCCN)C(=O)N1CCC[C@H]1C(=O)N[C@@H](CS)C(=O)O. The van der Waals surface area contributed by atoms with Crippen molar-refractivity contribution >= 4 is 90.4 Å². The summed E-state index contributed by atoms with van der Waals surface area (Å²) in [7, 11) is 0. The number of nitrogens with zero attached hydrogens (tertiary/aromatic N) is 2. The van der Waals surface area contributed by atoms with Crippen LogP contribution >= 0.6 is 25.3 Å². The van der Waals surface area contributed by atoms with E-state index in [4.69, 9.17) is 17.2 Å². The van der Waals surface area contributed by atoms with Crippen LogP contribution in [0.1, 0.15) is 71.1 Å². The summed E-state index contributed by atoms with van der Waals surface area (Å²) in [5.74, 6) is -11.8. The second-order valence-corrected chi connectivity index (χ2v) is 16.5. The number of amides is 9. The van der Waals surface area contributed by atoms with Gasteiger partial charge in [0, 0.05) is 31.0 Å². The normalized spacial score (nSPS) is 19.4. The Kier molecular flexibility index (Phi) is 24.1. The van der Waals surface area contributed by atoms with Gasteiger partial charge >= 0.3 is 11.9 Å². The number of nitrogens with two attached hydrogens (primary N) is 3. The molecule has 0 aromatic carbocycles. The molecule has 0 aromatic rings. The molecular weight excluding hydrogens is 915 g/mol. The zero-order valence-corrected chi connectivity index (χ0v) is 38.2. The number of likely N-dealkylation sites (tertiary alicyclic amines) is 2. The molecule has 2 heterocycles. The molecule has 16 N–H and O–H groups in total. The van der Waals surface area contributed by atoms with Crippen molar-refractivity contribution in [3.05, 3.63) is 0 Å². The van der Waals surface area contributed by atoms with Gasteiger partial charge < -0.3 is 79.3 Å². The molecule has 2 rings (SSSR count). The van der Waals surface area contributed by atoms with Crippen LogP contribution in [-0.2, 0) is 52.7 Å². The van der Waals surface area contributed by atoms with Gasteiger partial charge in [-0.25, -0.2) is 4.79 Å². The molecule has 0 aromatic heterocycles. The summed E-state index contributed by atoms with van der Waals surface area (Å²) in [6, 6.07) is -13.2. The van der Waals surface area contributed by atoms with Crippen molar-refractivity contribution in [2.24, 2.45) is 17.2 Å². The first kappa shape index (κ1) is 56.8. The highest BCUT2D eigenvalue weighted by Crippen LogP contribution is 2.23. The van der Waals surface area contributed by atoms with Crippen LogP contribution in [0.2, 0.25) is 0 Å². The number of aliphatic hydroxyl groups is 2. The maximum absolute atomic E-state index is 14.1. The van der Waals surface area contributed by atoms with Gasteiger partial charge in [-0.3, -0.25) is 47.9 Å². The summed E-state index contributed by atoms with van der Waals surface area (Å²) in [5.41, 5.74) is 16.6. The first-order chi connectivity index (χ1) is 31.1. The monoisotopic (exact) mass is 977 g/mol. The zero-order valence-electron chi connectivity index (χ0n) is 36.4. The maximum Gasteiger partial charge on any atom is 0.327 e. The van der Waals surface area contributed by atoms with E-state index in [1.54, 1.807) is 0 Å². The molecule has 9 amide bonds. The molecule has 28 heteroatoms. The minimum Gasteiger partial charge on any atom is -0.481 e. The number of hydrogen-bond acceptors (Lipinski definition) is 17. The van der Waals surface area contributed by atoms with Crippen molar-refractivity contribution in [3.8, 4) is 0 Å². The largest absolute Gasteiger partial charge is 0.481 e. The van der Waals surface area contributed by atoms with Crippen LogP contribution in [0.5, 0.6) is 0 Å². The lowest BCUT2D eigenvalue weighted by molar-refractivity contribution is -0.147. The van der Waals surface area contributed by atoms with Crippen molar-refractivity contribution in [2.75, 3.05) is 37.7 Å². The smallest absolute Gasteiger partial charge is 0.327 e. The minimum atomic E-state index is -1.87. The Morgan fingerprint density at radius 1 is 0.667 bits per heavy atom. The summed E-state index contributed by atoms with van der Waals surface area (Å²) >= 11 is 7.86. The highest BCUT2D eigenvalue weighted by atomic mass is 32.1. The van der Waals surface area contributed by atoms with Crippen molar-refractivity contribution in [2.45, 2.75) is 132 Å². The van der Waals surface area contributed by atoms with Crippen molar-refractivity contribution in [1.29, 1.82) is 0 Å². The van der Waals surface area contributed by atoms with E-state index in [2.05, 4.69) is 57.2 Å². The van der Waals surface area contributed by atoms with E-state index >= 15 is 0 Å². The van der Waals surface area contributed by atoms with Gasteiger partial charge in [-0.15, -0.1) is 0 Å². The molecule has 0 spiro atoms. The van der Waals surface area contributed by atoms with Crippen molar-refractivity contribution in [3.63, 3.8) is 0 Å². The minimum absolute atomic E-state index is 0.0528. The molecule has 0 radical (unpaired) electrons. The number of aliphatic carboxylic acids is 2. The fourth-order valence-corrected chi connectivity index (χ4v) is 7.57. The molecule has 0 bridgehead atoms. The topological polar surface area (TPSA) is 425 Å². The molecule has 2 fully saturated rings. The van der Waals surface area contributed by atoms with E-state index in [-0.39, 0.29) is 56.8 Å². The van der Waals surface area contributed by atoms with Gasteiger partial charge in [-0.05, 0) is 64.8 Å². The molecule has 2 aliphatic rings. The predicted octanol–water partition coefficient (Wildman–Crippen LogP) is -6.61. The number of carboxylic acid groups (broad SMARTS) is 2. The van der Waals surface area contributed by atoms with Gasteiger partial charge in [-0.1, -0.05) is 0 Å². The van der Waals surface area contributed by atoms with Gasteiger partial charge in [-0.2, -0.15) is 25.3 Å². The lowest BCUT2D eigenvalue weighted by atomic mass is 10.0. The number of carbonyl (C=O) groups is 11. The quantitative estimate of drug-likeness (QED) is 0.0256. The molecule has 0 unspecified atom stereocenters. The van der Waals surface area contributed by atoms with Crippen LogP contribution in [-0.4, -0.2) is 194 Å². The fourth-order valence-electron chi connectivity index (χ4n) is 7.16. The molecule has 0 saturated carbocycles. The predicted molar refractivity (Wildman–Crippen MR) is 237 cm³/mol. The second kappa shape index (κ2) is 28.0. The Hall–Kier alpha value is -5.29. The highest BCUT2D eigenvalue weighted by molar-refractivity contribution is 7.80. The van der Waals surface area contributed by atoms with Crippen LogP contribution in [0.3, 0.4) is 0 Å². The third kappa shape index (κ3) is 17.2. The molecular formula is C38H63N11O15S2. The average Bonchev–Trinajstić information content (AvgIpc) is 3.97. The summed E-state index contributed by atoms with van der Waals surface area (Å²) in [6.45, 7) is 0.344. The number of aliphatic hydroxyl groups excluding tert-OH is 2. The number of hydrogen-bond donors (Lipinski definition) is 15. The van der Waals surface area contributed by atoms with Gasteiger partial charge in [0.2, 0.25) is 53.2 Å². The summed E-state index contributed by atoms with van der Waals surface area (Å²) in [5, 5.41) is 53.1. The van der Waals surface area contributed by atoms with Gasteiger partial charge in [0.25, 0.3) is 0 Å². The van der Waals surface area contributed by atoms with Crippen LogP contribution in [0, 0.1) is 0 Å². The van der Waals surface area contributed by atoms with Crippen LogP contribution < -0.4 is 49.1 Å². The number of thiol groups is 2. The van der Waals surface area contributed by atoms with E-state index in [9.17, 15) is 73.2 Å². The third-order valence-electron chi connectivity index (χ3n) is 10.8. The summed E-state index contributed by atoms with van der Waals surface area (Å²) in [4.78, 5) is 145. The van der Waals surface area contributed by atoms with Crippen LogP contribution in [0.4, 0.5) is 0 Å². The van der Waals surface area contributed by atoms with Crippen molar-refractivity contribution < 1.29 is 73.2 Å². The van der Waals surface area contributed by atoms with E-state index in [1.807, 2.05) is 0 Å². The van der Waals surface area contributed by atoms with Crippen LogP contribution in [0.15, 0.2) is 0 Å². The van der Waals surface area contributed by atoms with E-state index < -0.39 is 151 Å². The Labute approximate surface area is 390 Å². The van der Waals surface area contributed by atoms with Gasteiger partial charge in [0.15, 0.2) is 0 Å². The van der Waals surface area contributed by atoms with E-state index in [1.165, 1.54) is 4.90 Å². The number of primary amides is 1. The summed E-state index contributed by atoms with van der Waals surface area (Å²) < 4.78 is 0. The number of rotatable bonds is 28. The van der Waals surface area contributed by atoms with E-state index in [0.29, 0.717) is 19.3 Å². The standard InChI is InChI=1S/C38H63N11O15S2/c1-18(51)29(47-30(55)19(40)16-65)35(60)45-23(15-50)32(57)42-20(9-10-27(41)52)31(56)44-22(14-28(53)54)37(62)49-13-5-7-25(49)33(58)43-21(6-2-3-11-39)36(61)48-12-4-8-26(48)34(59)46-24(17-66)38(63)64/h18-26,29,50-51,65-66H,2-17,39-40H2,1H3,(H2,41,52)(H,42,57)(H,43,58)(H,44,56)(H,45,60)(H,46,59)(H,47,55)(H,53,54)(H,63,64)/t18-,19+,20+,21+,22+,23+,24+,25+,26+,29+/m1/s1. The Balaban J connectivity index is 2.32. The molecule has 2 aliphatic heterocycles. The zero-order chi connectivity index (χ0) is 49.8.